The van der Waals surface area contributed by atoms with Gasteiger partial charge in [0.1, 0.15) is 0 Å². The number of nitrogens with one attached hydrogen (secondary N) is 2. The van der Waals surface area contributed by atoms with Crippen LogP contribution in [0.3, 0.4) is 0 Å². The summed E-state index contributed by atoms with van der Waals surface area (Å²) in [6, 6.07) is 6.04. The van der Waals surface area contributed by atoms with Gasteiger partial charge in [0, 0.05) is 0 Å². The van der Waals surface area contributed by atoms with Crippen LogP contribution in [0.25, 0.3) is 0 Å². The van der Waals surface area contributed by atoms with E-state index in [0.717, 1.165) is 0 Å². The summed E-state index contributed by atoms with van der Waals surface area (Å²) < 4.78 is 23.4. The minimum atomic E-state index is 0.0880. The summed E-state index contributed by atoms with van der Waals surface area (Å²) in [5.41, 5.74) is 2.86. The molecule has 0 heterocycles. The van der Waals surface area contributed by atoms with E-state index in [1.54, 1.807) is 12.1 Å². The third-order valence-corrected chi connectivity index (χ3v) is 1.13. The van der Waals surface area contributed by atoms with E-state index < -0.39 is 0 Å². The monoisotopic (exact) mass is 144 g/mol. The van der Waals surface area contributed by atoms with Gasteiger partial charge in [-0.25, -0.2) is 11.1 Å². The van der Waals surface area contributed by atoms with Crippen LogP contribution < -0.4 is 11.1 Å². The predicted octanol–water partition coefficient (Wildman–Crippen LogP) is 2.28. The molecule has 0 saturated heterocycles. The van der Waals surface area contributed by atoms with Crippen molar-refractivity contribution in [1.82, 2.24) is 0 Å². The van der Waals surface area contributed by atoms with Crippen molar-refractivity contribution in [1.29, 1.82) is 0 Å². The Morgan fingerprint density at radius 3 is 1.60 bits per heavy atom. The second-order valence-electron chi connectivity index (χ2n) is 1.73. The summed E-state index contributed by atoms with van der Waals surface area (Å²) in [7, 11) is 0. The molecule has 2 nitrogen and oxygen atoms in total. The first-order chi connectivity index (χ1) is 4.88. The number of para-hydroxylation sites is 2. The maximum absolute atomic E-state index is 11.7. The number of hydrogen-bond donors (Lipinski definition) is 2. The summed E-state index contributed by atoms with van der Waals surface area (Å²) >= 11 is 0. The van der Waals surface area contributed by atoms with Gasteiger partial charge in [0.15, 0.2) is 0 Å². The third kappa shape index (κ3) is 1.15. The number of anilines is 2. The molecule has 1 rings (SSSR count). The number of halogens is 2. The zero-order chi connectivity index (χ0) is 7.40. The predicted molar refractivity (Wildman–Crippen MR) is 35.9 cm³/mol. The summed E-state index contributed by atoms with van der Waals surface area (Å²) in [6.45, 7) is 0. The van der Waals surface area contributed by atoms with Crippen LogP contribution in [0.1, 0.15) is 0 Å². The van der Waals surface area contributed by atoms with Gasteiger partial charge in [0.2, 0.25) is 0 Å². The molecule has 0 bridgehead atoms. The van der Waals surface area contributed by atoms with Crippen LogP contribution in [0, 0.1) is 0 Å². The molecule has 0 fully saturated rings. The Labute approximate surface area is 56.7 Å². The van der Waals surface area contributed by atoms with Gasteiger partial charge < -0.3 is 0 Å². The van der Waals surface area contributed by atoms with Crippen molar-refractivity contribution < 1.29 is 8.96 Å². The van der Waals surface area contributed by atoms with Crippen molar-refractivity contribution in [2.24, 2.45) is 0 Å². The maximum Gasteiger partial charge on any atom is 0.0912 e. The molecule has 2 N–H and O–H groups in total. The SMILES string of the molecule is FNc1ccccc1NF. The van der Waals surface area contributed by atoms with E-state index >= 15 is 0 Å². The van der Waals surface area contributed by atoms with Crippen LogP contribution in [-0.2, 0) is 0 Å². The topological polar surface area (TPSA) is 24.1 Å². The molecule has 54 valence electrons. The Balaban J connectivity index is 2.96. The lowest BCUT2D eigenvalue weighted by molar-refractivity contribution is 0.602. The molecule has 0 spiro atoms. The van der Waals surface area contributed by atoms with Crippen molar-refractivity contribution in [3.8, 4) is 0 Å². The smallest absolute Gasteiger partial charge is 0.0912 e. The van der Waals surface area contributed by atoms with Crippen molar-refractivity contribution >= 4 is 11.4 Å². The maximum atomic E-state index is 11.7. The molecular formula is C6H6F2N2. The van der Waals surface area contributed by atoms with E-state index in [-0.39, 0.29) is 11.4 Å². The second kappa shape index (κ2) is 3.00. The zero-order valence-electron chi connectivity index (χ0n) is 5.07. The van der Waals surface area contributed by atoms with Gasteiger partial charge in [-0.15, -0.1) is 8.96 Å². The fraction of sp³-hybridized carbons (Fsp3) is 0. The van der Waals surface area contributed by atoms with E-state index in [0.29, 0.717) is 0 Å². The van der Waals surface area contributed by atoms with Gasteiger partial charge in [0.05, 0.1) is 11.4 Å². The van der Waals surface area contributed by atoms with Crippen molar-refractivity contribution in [2.75, 3.05) is 11.1 Å². The van der Waals surface area contributed by atoms with Crippen molar-refractivity contribution in [3.05, 3.63) is 24.3 Å². The van der Waals surface area contributed by atoms with Gasteiger partial charge in [-0.05, 0) is 12.1 Å². The fourth-order valence-corrected chi connectivity index (χ4v) is 0.648. The van der Waals surface area contributed by atoms with Crippen LogP contribution in [0.5, 0.6) is 0 Å². The van der Waals surface area contributed by atoms with Gasteiger partial charge in [-0.2, -0.15) is 0 Å². The zero-order valence-corrected chi connectivity index (χ0v) is 5.07. The Kier molecular flexibility index (Phi) is 2.04. The molecule has 0 aliphatic rings. The molecular weight excluding hydrogens is 138 g/mol. The first kappa shape index (κ1) is 6.80. The summed E-state index contributed by atoms with van der Waals surface area (Å²) in [5, 5.41) is 0. The van der Waals surface area contributed by atoms with Crippen LogP contribution >= 0.6 is 0 Å². The van der Waals surface area contributed by atoms with Crippen LogP contribution in [0.4, 0.5) is 20.3 Å². The average molecular weight is 144 g/mol. The lowest BCUT2D eigenvalue weighted by Gasteiger charge is -2.00. The van der Waals surface area contributed by atoms with Gasteiger partial charge in [-0.3, -0.25) is 0 Å². The fourth-order valence-electron chi connectivity index (χ4n) is 0.648. The first-order valence-electron chi connectivity index (χ1n) is 2.71. The molecule has 0 aromatic heterocycles. The Morgan fingerprint density at radius 2 is 1.30 bits per heavy atom. The molecule has 1 aromatic rings. The van der Waals surface area contributed by atoms with Crippen molar-refractivity contribution in [2.45, 2.75) is 0 Å². The highest BCUT2D eigenvalue weighted by Gasteiger charge is 1.97. The summed E-state index contributed by atoms with van der Waals surface area (Å²) in [6.07, 6.45) is 0. The molecule has 0 amide bonds. The molecule has 0 unspecified atom stereocenters. The third-order valence-electron chi connectivity index (χ3n) is 1.13. The number of benzene rings is 1. The highest BCUT2D eigenvalue weighted by molar-refractivity contribution is 5.66. The van der Waals surface area contributed by atoms with Gasteiger partial charge >= 0.3 is 0 Å². The summed E-state index contributed by atoms with van der Waals surface area (Å²) in [4.78, 5) is 0. The molecule has 0 atom stereocenters. The molecule has 4 heteroatoms. The van der Waals surface area contributed by atoms with E-state index in [1.165, 1.54) is 23.2 Å². The minimum Gasteiger partial charge on any atom is -0.222 e. The molecule has 0 aliphatic heterocycles. The Hall–Kier alpha value is -1.32. The van der Waals surface area contributed by atoms with E-state index in [2.05, 4.69) is 0 Å². The van der Waals surface area contributed by atoms with Crippen LogP contribution in [0.2, 0.25) is 0 Å². The lowest BCUT2D eigenvalue weighted by Crippen LogP contribution is -1.88. The van der Waals surface area contributed by atoms with Gasteiger partial charge in [-0.1, -0.05) is 12.1 Å². The highest BCUT2D eigenvalue weighted by atomic mass is 19.2. The quantitative estimate of drug-likeness (QED) is 0.622. The molecule has 0 saturated carbocycles. The van der Waals surface area contributed by atoms with Gasteiger partial charge in [0.25, 0.3) is 0 Å². The largest absolute Gasteiger partial charge is 0.222 e. The number of hydrogen-bond acceptors (Lipinski definition) is 2. The minimum absolute atomic E-state index is 0.0880. The average Bonchev–Trinajstić information content (AvgIpc) is 2.04. The van der Waals surface area contributed by atoms with E-state index in [9.17, 15) is 8.96 Å². The van der Waals surface area contributed by atoms with Crippen molar-refractivity contribution in [3.63, 3.8) is 0 Å². The number of rotatable bonds is 2. The van der Waals surface area contributed by atoms with Crippen LogP contribution in [0.15, 0.2) is 24.3 Å². The second-order valence-corrected chi connectivity index (χ2v) is 1.73. The van der Waals surface area contributed by atoms with E-state index in [4.69, 9.17) is 0 Å². The first-order valence-corrected chi connectivity index (χ1v) is 2.71. The Morgan fingerprint density at radius 1 is 0.900 bits per heavy atom. The Bertz CT molecular complexity index is 192. The lowest BCUT2D eigenvalue weighted by atomic mass is 10.3. The highest BCUT2D eigenvalue weighted by Crippen LogP contribution is 2.20. The molecule has 1 aromatic carbocycles. The summed E-state index contributed by atoms with van der Waals surface area (Å²) in [5.74, 6) is 0. The molecule has 0 radical (unpaired) electrons. The molecule has 10 heavy (non-hydrogen) atoms. The van der Waals surface area contributed by atoms with E-state index in [1.807, 2.05) is 0 Å². The standard InChI is InChI=1S/C6H6F2N2/c7-9-5-3-1-2-4-6(5)10-8/h1-4,9-10H. The molecule has 0 aliphatic carbocycles. The van der Waals surface area contributed by atoms with Crippen LogP contribution in [-0.4, -0.2) is 0 Å². The normalized spacial score (nSPS) is 9.00.